The summed E-state index contributed by atoms with van der Waals surface area (Å²) < 4.78 is 2.20. The lowest BCUT2D eigenvalue weighted by Crippen LogP contribution is -2.34. The highest BCUT2D eigenvalue weighted by molar-refractivity contribution is 7.98. The van der Waals surface area contributed by atoms with Crippen LogP contribution < -0.4 is 4.90 Å². The Morgan fingerprint density at radius 3 is 2.48 bits per heavy atom. The Morgan fingerprint density at radius 2 is 1.66 bits per heavy atom. The lowest BCUT2D eigenvalue weighted by molar-refractivity contribution is 0.558. The molecule has 5 rings (SSSR count). The molecule has 7 heteroatoms. The molecule has 0 amide bonds. The van der Waals surface area contributed by atoms with Gasteiger partial charge in [-0.2, -0.15) is 0 Å². The number of rotatable bonds is 5. The van der Waals surface area contributed by atoms with Gasteiger partial charge in [-0.1, -0.05) is 60.7 Å². The summed E-state index contributed by atoms with van der Waals surface area (Å²) in [5.41, 5.74) is 2.38. The van der Waals surface area contributed by atoms with E-state index < -0.39 is 0 Å². The van der Waals surface area contributed by atoms with Crippen LogP contribution in [0.1, 0.15) is 11.4 Å². The van der Waals surface area contributed by atoms with Crippen molar-refractivity contribution < 1.29 is 0 Å². The predicted molar refractivity (Wildman–Crippen MR) is 115 cm³/mol. The number of hydrogen-bond acceptors (Lipinski definition) is 6. The summed E-state index contributed by atoms with van der Waals surface area (Å²) >= 11 is 1.71. The number of anilines is 1. The van der Waals surface area contributed by atoms with Crippen LogP contribution in [0.2, 0.25) is 0 Å². The molecule has 4 aromatic rings. The van der Waals surface area contributed by atoms with Crippen molar-refractivity contribution >= 4 is 17.6 Å². The Hall–Kier alpha value is -3.19. The van der Waals surface area contributed by atoms with E-state index in [1.54, 1.807) is 11.8 Å². The van der Waals surface area contributed by atoms with Crippen LogP contribution in [-0.2, 0) is 18.8 Å². The Labute approximate surface area is 173 Å². The first-order valence-electron chi connectivity index (χ1n) is 9.58. The van der Waals surface area contributed by atoms with Crippen molar-refractivity contribution in [2.75, 3.05) is 11.4 Å². The van der Waals surface area contributed by atoms with Gasteiger partial charge >= 0.3 is 0 Å². The van der Waals surface area contributed by atoms with Crippen LogP contribution in [0.15, 0.2) is 78.1 Å². The molecule has 0 bridgehead atoms. The maximum Gasteiger partial charge on any atom is 0.164 e. The Morgan fingerprint density at radius 1 is 0.862 bits per heavy atom. The summed E-state index contributed by atoms with van der Waals surface area (Å²) in [7, 11) is 0. The van der Waals surface area contributed by atoms with Crippen molar-refractivity contribution in [2.24, 2.45) is 0 Å². The summed E-state index contributed by atoms with van der Waals surface area (Å²) in [6.45, 7) is 2.36. The zero-order valence-corrected chi connectivity index (χ0v) is 16.7. The van der Waals surface area contributed by atoms with Crippen LogP contribution in [-0.4, -0.2) is 31.3 Å². The van der Waals surface area contributed by atoms with Crippen LogP contribution in [0.5, 0.6) is 0 Å². The zero-order chi connectivity index (χ0) is 19.5. The number of nitrogens with zero attached hydrogens (tertiary/aromatic N) is 6. The van der Waals surface area contributed by atoms with Crippen LogP contribution in [0.4, 0.5) is 5.82 Å². The van der Waals surface area contributed by atoms with Crippen molar-refractivity contribution in [3.8, 4) is 11.4 Å². The lowest BCUT2D eigenvalue weighted by Gasteiger charge is -2.28. The molecule has 0 saturated carbocycles. The minimum absolute atomic E-state index is 0.682. The maximum absolute atomic E-state index is 4.82. The number of hydrogen-bond donors (Lipinski definition) is 0. The minimum Gasteiger partial charge on any atom is -0.346 e. The molecule has 0 atom stereocenters. The normalized spacial score (nSPS) is 13.3. The van der Waals surface area contributed by atoms with Gasteiger partial charge in [0.25, 0.3) is 0 Å². The Bertz CT molecular complexity index is 1100. The molecule has 6 nitrogen and oxygen atoms in total. The fraction of sp³-hybridized carbons (Fsp3) is 0.182. The van der Waals surface area contributed by atoms with E-state index in [2.05, 4.69) is 61.0 Å². The Balaban J connectivity index is 1.31. The van der Waals surface area contributed by atoms with Gasteiger partial charge in [0.15, 0.2) is 11.6 Å². The average molecular weight is 401 g/mol. The van der Waals surface area contributed by atoms with E-state index in [0.29, 0.717) is 6.54 Å². The molecule has 1 aliphatic rings. The molecule has 0 fully saturated rings. The average Bonchev–Trinajstić information content (AvgIpc) is 3.22. The molecular formula is C22H20N6S. The van der Waals surface area contributed by atoms with E-state index in [1.807, 2.05) is 36.7 Å². The molecule has 2 aromatic heterocycles. The highest BCUT2D eigenvalue weighted by Gasteiger charge is 2.23. The molecule has 0 aliphatic carbocycles. The third kappa shape index (κ3) is 3.86. The largest absolute Gasteiger partial charge is 0.346 e. The Kier molecular flexibility index (Phi) is 4.96. The molecule has 144 valence electrons. The second-order valence-corrected chi connectivity index (χ2v) is 7.86. The standard InChI is InChI=1S/C22H20N6S/c1-3-7-17(8-4-1)16-29-21-14-23-13-19(24-21)27-11-12-28-20(15-27)25-26-22(28)18-9-5-2-6-10-18/h1-10,13-14H,11-12,15-16H2. The second kappa shape index (κ2) is 8.05. The van der Waals surface area contributed by atoms with Crippen LogP contribution in [0.3, 0.4) is 0 Å². The van der Waals surface area contributed by atoms with E-state index in [1.165, 1.54) is 5.56 Å². The first kappa shape index (κ1) is 17.9. The molecule has 2 aromatic carbocycles. The van der Waals surface area contributed by atoms with Crippen LogP contribution >= 0.6 is 11.8 Å². The van der Waals surface area contributed by atoms with Crippen LogP contribution in [0.25, 0.3) is 11.4 Å². The molecule has 0 saturated heterocycles. The molecule has 3 heterocycles. The van der Waals surface area contributed by atoms with Crippen molar-refractivity contribution in [1.82, 2.24) is 24.7 Å². The van der Waals surface area contributed by atoms with E-state index in [0.717, 1.165) is 46.9 Å². The fourth-order valence-electron chi connectivity index (χ4n) is 3.45. The molecule has 0 spiro atoms. The first-order chi connectivity index (χ1) is 14.4. The van der Waals surface area contributed by atoms with Gasteiger partial charge in [0.05, 0.1) is 18.9 Å². The van der Waals surface area contributed by atoms with Gasteiger partial charge in [-0.05, 0) is 5.56 Å². The zero-order valence-electron chi connectivity index (χ0n) is 15.8. The summed E-state index contributed by atoms with van der Waals surface area (Å²) in [4.78, 5) is 11.5. The quantitative estimate of drug-likeness (QED) is 0.471. The first-order valence-corrected chi connectivity index (χ1v) is 10.6. The van der Waals surface area contributed by atoms with Gasteiger partial charge in [0.2, 0.25) is 0 Å². The van der Waals surface area contributed by atoms with Crippen molar-refractivity contribution in [1.29, 1.82) is 0 Å². The second-order valence-electron chi connectivity index (χ2n) is 6.87. The van der Waals surface area contributed by atoms with E-state index in [-0.39, 0.29) is 0 Å². The van der Waals surface area contributed by atoms with Gasteiger partial charge in [-0.15, -0.1) is 22.0 Å². The van der Waals surface area contributed by atoms with Gasteiger partial charge in [0.1, 0.15) is 10.8 Å². The van der Waals surface area contributed by atoms with Gasteiger partial charge in [0, 0.05) is 24.4 Å². The van der Waals surface area contributed by atoms with Gasteiger partial charge < -0.3 is 9.47 Å². The van der Waals surface area contributed by atoms with E-state index in [9.17, 15) is 0 Å². The molecule has 0 N–H and O–H groups in total. The predicted octanol–water partition coefficient (Wildman–Crippen LogP) is 4.05. The van der Waals surface area contributed by atoms with E-state index in [4.69, 9.17) is 4.98 Å². The fourth-order valence-corrected chi connectivity index (χ4v) is 4.25. The molecule has 0 unspecified atom stereocenters. The molecular weight excluding hydrogens is 380 g/mol. The van der Waals surface area contributed by atoms with Crippen LogP contribution in [0, 0.1) is 0 Å². The lowest BCUT2D eigenvalue weighted by atomic mass is 10.2. The number of fused-ring (bicyclic) bond motifs is 1. The smallest absolute Gasteiger partial charge is 0.164 e. The number of aromatic nitrogens is 5. The third-order valence-corrected chi connectivity index (χ3v) is 5.91. The number of thioether (sulfide) groups is 1. The van der Waals surface area contributed by atoms with Crippen molar-refractivity contribution in [3.63, 3.8) is 0 Å². The summed E-state index contributed by atoms with van der Waals surface area (Å²) in [5, 5.41) is 9.78. The highest BCUT2D eigenvalue weighted by atomic mass is 32.2. The van der Waals surface area contributed by atoms with Crippen molar-refractivity contribution in [2.45, 2.75) is 23.9 Å². The number of benzene rings is 2. The SMILES string of the molecule is c1ccc(CSc2cncc(N3CCn4c(nnc4-c4ccccc4)C3)n2)cc1. The topological polar surface area (TPSA) is 59.7 Å². The third-order valence-electron chi connectivity index (χ3n) is 4.94. The minimum atomic E-state index is 0.682. The summed E-state index contributed by atoms with van der Waals surface area (Å²) in [5.74, 6) is 3.66. The molecule has 0 radical (unpaired) electrons. The summed E-state index contributed by atoms with van der Waals surface area (Å²) in [6.07, 6.45) is 3.66. The molecule has 29 heavy (non-hydrogen) atoms. The van der Waals surface area contributed by atoms with Crippen molar-refractivity contribution in [3.05, 3.63) is 84.4 Å². The highest BCUT2D eigenvalue weighted by Crippen LogP contribution is 2.26. The maximum atomic E-state index is 4.82. The van der Waals surface area contributed by atoms with Gasteiger partial charge in [-0.25, -0.2) is 4.98 Å². The molecule has 1 aliphatic heterocycles. The van der Waals surface area contributed by atoms with Gasteiger partial charge in [-0.3, -0.25) is 4.98 Å². The monoisotopic (exact) mass is 400 g/mol. The summed E-state index contributed by atoms with van der Waals surface area (Å²) in [6, 6.07) is 20.6. The van der Waals surface area contributed by atoms with E-state index >= 15 is 0 Å².